The van der Waals surface area contributed by atoms with E-state index in [2.05, 4.69) is 15.0 Å². The van der Waals surface area contributed by atoms with Crippen molar-refractivity contribution >= 4 is 50.8 Å². The van der Waals surface area contributed by atoms with E-state index in [1.54, 1.807) is 58.3 Å². The molecule has 11 nitrogen and oxygen atoms in total. The molecule has 2 aromatic carbocycles. The standard InChI is InChI=1S/C32H34Cl2N6O5S/c1-31(2,3)45-28(41)26-6-5-11-38(26)46(43,44)27-18-37-30-39(25-13-23(33)12-24(34)14-25)29(42)32(4,40(27)30)15-20-7-9-21(10-8-20)22-16-35-19-36-17-22/h7-10,12-14,16-19,26,28,41H,5-6,11,15H2,1-4H3/t26-,28?,32+/m0/s1. The molecule has 1 unspecified atom stereocenters. The highest BCUT2D eigenvalue weighted by Gasteiger charge is 2.53. The minimum Gasteiger partial charge on any atom is -0.367 e. The molecular formula is C32H34Cl2N6O5S. The lowest BCUT2D eigenvalue weighted by Gasteiger charge is -2.33. The summed E-state index contributed by atoms with van der Waals surface area (Å²) in [5.74, 6) is -0.287. The highest BCUT2D eigenvalue weighted by molar-refractivity contribution is 7.89. The van der Waals surface area contributed by atoms with Crippen molar-refractivity contribution in [3.8, 4) is 11.1 Å². The third kappa shape index (κ3) is 5.94. The number of carbonyl (C=O) groups excluding carboxylic acids is 1. The van der Waals surface area contributed by atoms with E-state index in [9.17, 15) is 18.3 Å². The third-order valence-electron chi connectivity index (χ3n) is 8.19. The summed E-state index contributed by atoms with van der Waals surface area (Å²) in [6, 6.07) is 11.5. The molecule has 4 heterocycles. The first-order valence-corrected chi connectivity index (χ1v) is 17.0. The maximum absolute atomic E-state index is 14.5. The van der Waals surface area contributed by atoms with Crippen molar-refractivity contribution in [2.24, 2.45) is 0 Å². The zero-order chi connectivity index (χ0) is 33.0. The number of aliphatic hydroxyl groups is 1. The van der Waals surface area contributed by atoms with Gasteiger partial charge in [-0.25, -0.2) is 28.3 Å². The summed E-state index contributed by atoms with van der Waals surface area (Å²) in [5.41, 5.74) is 0.764. The zero-order valence-electron chi connectivity index (χ0n) is 25.8. The Morgan fingerprint density at radius 1 is 1.04 bits per heavy atom. The van der Waals surface area contributed by atoms with Crippen LogP contribution in [0, 0.1) is 0 Å². The fraction of sp³-hybridized carbons (Fsp3) is 0.375. The minimum absolute atomic E-state index is 0.115. The topological polar surface area (TPSA) is 131 Å². The number of carbonyl (C=O) groups is 1. The van der Waals surface area contributed by atoms with Gasteiger partial charge in [-0.3, -0.25) is 9.36 Å². The summed E-state index contributed by atoms with van der Waals surface area (Å²) in [5, 5.41) is 11.4. The molecule has 1 amide bonds. The van der Waals surface area contributed by atoms with E-state index in [4.69, 9.17) is 27.9 Å². The van der Waals surface area contributed by atoms with Gasteiger partial charge in [0, 0.05) is 41.0 Å². The number of imidazole rings is 1. The number of anilines is 2. The van der Waals surface area contributed by atoms with Crippen LogP contribution in [0.1, 0.15) is 46.1 Å². The van der Waals surface area contributed by atoms with Crippen LogP contribution in [0.15, 0.2) is 72.4 Å². The number of halogens is 2. The Morgan fingerprint density at radius 3 is 2.33 bits per heavy atom. The molecule has 14 heteroatoms. The van der Waals surface area contributed by atoms with Gasteiger partial charge in [0.15, 0.2) is 11.3 Å². The van der Waals surface area contributed by atoms with Crippen LogP contribution in [0.5, 0.6) is 0 Å². The summed E-state index contributed by atoms with van der Waals surface area (Å²) >= 11 is 12.7. The Bertz CT molecular complexity index is 1860. The molecule has 2 aliphatic heterocycles. The summed E-state index contributed by atoms with van der Waals surface area (Å²) in [4.78, 5) is 28.5. The summed E-state index contributed by atoms with van der Waals surface area (Å²) in [7, 11) is -4.27. The van der Waals surface area contributed by atoms with E-state index in [1.807, 2.05) is 24.3 Å². The van der Waals surface area contributed by atoms with Gasteiger partial charge in [-0.05, 0) is 69.9 Å². The number of nitrogens with zero attached hydrogens (tertiary/aromatic N) is 6. The van der Waals surface area contributed by atoms with E-state index in [0.29, 0.717) is 28.6 Å². The van der Waals surface area contributed by atoms with Crippen LogP contribution in [0.3, 0.4) is 0 Å². The highest BCUT2D eigenvalue weighted by Crippen LogP contribution is 2.45. The van der Waals surface area contributed by atoms with Crippen molar-refractivity contribution in [2.75, 3.05) is 11.4 Å². The Morgan fingerprint density at radius 2 is 1.70 bits per heavy atom. The van der Waals surface area contributed by atoms with Crippen LogP contribution in [0.4, 0.5) is 11.6 Å². The van der Waals surface area contributed by atoms with Crippen LogP contribution in [-0.2, 0) is 31.5 Å². The molecule has 1 N–H and O–H groups in total. The molecule has 0 spiro atoms. The Kier molecular flexibility index (Phi) is 8.49. The molecule has 2 aromatic heterocycles. The quantitative estimate of drug-likeness (QED) is 0.239. The lowest BCUT2D eigenvalue weighted by Crippen LogP contribution is -2.47. The second kappa shape index (κ2) is 12.0. The monoisotopic (exact) mass is 684 g/mol. The highest BCUT2D eigenvalue weighted by atomic mass is 35.5. The number of aromatic nitrogens is 4. The van der Waals surface area contributed by atoms with Gasteiger partial charge in [-0.1, -0.05) is 47.5 Å². The van der Waals surface area contributed by atoms with Crippen LogP contribution in [0.2, 0.25) is 10.0 Å². The van der Waals surface area contributed by atoms with Crippen LogP contribution in [0.25, 0.3) is 11.1 Å². The molecular weight excluding hydrogens is 651 g/mol. The molecule has 0 radical (unpaired) electrons. The SMILES string of the molecule is CC(C)(C)OC(O)[C@@H]1CCCN1S(=O)(=O)c1cnc2n1[C@](C)(Cc1ccc(-c3cncnc3)cc1)C(=O)N2c1cc(Cl)cc(Cl)c1. The molecule has 1 saturated heterocycles. The van der Waals surface area contributed by atoms with Crippen LogP contribution >= 0.6 is 23.2 Å². The van der Waals surface area contributed by atoms with Gasteiger partial charge < -0.3 is 9.84 Å². The van der Waals surface area contributed by atoms with Gasteiger partial charge >= 0.3 is 0 Å². The average Bonchev–Trinajstić information content (AvgIpc) is 3.70. The number of hydrogen-bond donors (Lipinski definition) is 1. The van der Waals surface area contributed by atoms with Crippen LogP contribution in [-0.4, -0.2) is 67.7 Å². The fourth-order valence-electron chi connectivity index (χ4n) is 6.18. The van der Waals surface area contributed by atoms with Gasteiger partial charge in [-0.15, -0.1) is 0 Å². The Hall–Kier alpha value is -3.39. The first-order valence-electron chi connectivity index (χ1n) is 14.8. The fourth-order valence-corrected chi connectivity index (χ4v) is 8.57. The number of amides is 1. The lowest BCUT2D eigenvalue weighted by molar-refractivity contribution is -0.185. The second-order valence-corrected chi connectivity index (χ2v) is 15.4. The number of benzene rings is 2. The second-order valence-electron chi connectivity index (χ2n) is 12.7. The number of aliphatic hydroxyl groups excluding tert-OH is 1. The first kappa shape index (κ1) is 32.5. The van der Waals surface area contributed by atoms with Crippen molar-refractivity contribution in [2.45, 2.75) is 75.5 Å². The molecule has 0 aliphatic carbocycles. The summed E-state index contributed by atoms with van der Waals surface area (Å²) in [6.45, 7) is 7.26. The van der Waals surface area contributed by atoms with Gasteiger partial charge in [0.05, 0.1) is 23.5 Å². The summed E-state index contributed by atoms with van der Waals surface area (Å²) < 4.78 is 37.4. The number of rotatable bonds is 8. The predicted molar refractivity (Wildman–Crippen MR) is 174 cm³/mol. The van der Waals surface area contributed by atoms with Gasteiger partial charge in [0.25, 0.3) is 15.9 Å². The predicted octanol–water partition coefficient (Wildman–Crippen LogP) is 5.57. The largest absolute Gasteiger partial charge is 0.367 e. The molecule has 0 saturated carbocycles. The van der Waals surface area contributed by atoms with Crippen molar-refractivity contribution in [1.29, 1.82) is 0 Å². The molecule has 2 aliphatic rings. The zero-order valence-corrected chi connectivity index (χ0v) is 28.1. The van der Waals surface area contributed by atoms with E-state index in [0.717, 1.165) is 16.7 Å². The Balaban J connectivity index is 1.44. The molecule has 4 aromatic rings. The first-order chi connectivity index (χ1) is 21.7. The normalized spacial score (nSPS) is 21.2. The number of ether oxygens (including phenoxy) is 1. The van der Waals surface area contributed by atoms with E-state index in [1.165, 1.54) is 26.3 Å². The van der Waals surface area contributed by atoms with E-state index < -0.39 is 39.4 Å². The van der Waals surface area contributed by atoms with Crippen molar-refractivity contribution in [1.82, 2.24) is 23.8 Å². The molecule has 46 heavy (non-hydrogen) atoms. The number of fused-ring (bicyclic) bond motifs is 1. The molecule has 1 fully saturated rings. The van der Waals surface area contributed by atoms with E-state index >= 15 is 0 Å². The lowest BCUT2D eigenvalue weighted by atomic mass is 9.91. The van der Waals surface area contributed by atoms with Crippen LogP contribution < -0.4 is 4.90 Å². The van der Waals surface area contributed by atoms with Crippen molar-refractivity contribution in [3.63, 3.8) is 0 Å². The Labute approximate surface area is 277 Å². The van der Waals surface area contributed by atoms with Crippen molar-refractivity contribution in [3.05, 3.63) is 83.0 Å². The molecule has 3 atom stereocenters. The molecule has 6 rings (SSSR count). The molecule has 0 bridgehead atoms. The average molecular weight is 686 g/mol. The maximum Gasteiger partial charge on any atom is 0.260 e. The minimum atomic E-state index is -4.27. The van der Waals surface area contributed by atoms with Gasteiger partial charge in [-0.2, -0.15) is 4.31 Å². The third-order valence-corrected chi connectivity index (χ3v) is 10.5. The molecule has 242 valence electrons. The smallest absolute Gasteiger partial charge is 0.260 e. The number of hydrogen-bond acceptors (Lipinski definition) is 8. The summed E-state index contributed by atoms with van der Waals surface area (Å²) in [6.07, 6.45) is 5.90. The van der Waals surface area contributed by atoms with Gasteiger partial charge in [0.2, 0.25) is 5.95 Å². The van der Waals surface area contributed by atoms with Gasteiger partial charge in [0.1, 0.15) is 11.9 Å². The van der Waals surface area contributed by atoms with E-state index in [-0.39, 0.29) is 23.9 Å². The van der Waals surface area contributed by atoms with Crippen molar-refractivity contribution < 1.29 is 23.1 Å². The maximum atomic E-state index is 14.5. The number of sulfonamides is 1.